The lowest BCUT2D eigenvalue weighted by Gasteiger charge is -2.03. The Hall–Kier alpha value is -1.41. The van der Waals surface area contributed by atoms with Crippen molar-refractivity contribution in [2.45, 2.75) is 13.5 Å². The summed E-state index contributed by atoms with van der Waals surface area (Å²) in [5.41, 5.74) is 1.94. The predicted octanol–water partition coefficient (Wildman–Crippen LogP) is 2.04. The van der Waals surface area contributed by atoms with E-state index in [2.05, 4.69) is 11.1 Å². The summed E-state index contributed by atoms with van der Waals surface area (Å²) >= 11 is 0. The fourth-order valence-electron chi connectivity index (χ4n) is 1.47. The molecule has 0 aliphatic rings. The Morgan fingerprint density at radius 1 is 1.31 bits per heavy atom. The third-order valence-corrected chi connectivity index (χ3v) is 2.15. The van der Waals surface area contributed by atoms with Gasteiger partial charge < -0.3 is 5.11 Å². The van der Waals surface area contributed by atoms with Crippen molar-refractivity contribution in [2.24, 2.45) is 0 Å². The molecule has 0 saturated heterocycles. The summed E-state index contributed by atoms with van der Waals surface area (Å²) in [6, 6.07) is 8.11. The molecule has 1 heterocycles. The number of aryl methyl sites for hydroxylation is 1. The van der Waals surface area contributed by atoms with E-state index in [1.165, 1.54) is 5.56 Å². The first-order chi connectivity index (χ1) is 6.31. The van der Waals surface area contributed by atoms with E-state index in [0.29, 0.717) is 0 Å². The van der Waals surface area contributed by atoms with Gasteiger partial charge in [-0.3, -0.25) is 4.98 Å². The molecule has 0 bridgehead atoms. The van der Waals surface area contributed by atoms with E-state index in [1.54, 1.807) is 6.20 Å². The minimum absolute atomic E-state index is 0.000787. The number of aliphatic hydroxyl groups excluding tert-OH is 1. The second-order valence-electron chi connectivity index (χ2n) is 3.14. The molecule has 1 N–H and O–H groups in total. The number of aliphatic hydroxyl groups is 1. The summed E-state index contributed by atoms with van der Waals surface area (Å²) < 4.78 is 0. The summed E-state index contributed by atoms with van der Waals surface area (Å²) in [7, 11) is 0. The molecule has 2 rings (SSSR count). The minimum Gasteiger partial charge on any atom is -0.390 e. The van der Waals surface area contributed by atoms with Crippen LogP contribution >= 0.6 is 0 Å². The molecular formula is C11H11NO. The van der Waals surface area contributed by atoms with Crippen LogP contribution < -0.4 is 0 Å². The Kier molecular flexibility index (Phi) is 1.99. The molecule has 2 nitrogen and oxygen atoms in total. The zero-order chi connectivity index (χ0) is 9.26. The van der Waals surface area contributed by atoms with Crippen LogP contribution in [0.4, 0.5) is 0 Å². The number of pyridine rings is 1. The smallest absolute Gasteiger partial charge is 0.0859 e. The fourth-order valence-corrected chi connectivity index (χ4v) is 1.47. The van der Waals surface area contributed by atoms with Crippen molar-refractivity contribution in [1.29, 1.82) is 0 Å². The molecule has 0 atom stereocenters. The zero-order valence-corrected chi connectivity index (χ0v) is 7.49. The Labute approximate surface area is 76.9 Å². The van der Waals surface area contributed by atoms with E-state index in [4.69, 9.17) is 5.11 Å². The Morgan fingerprint density at radius 2 is 2.15 bits per heavy atom. The molecule has 2 aromatic rings. The van der Waals surface area contributed by atoms with Crippen LogP contribution in [-0.2, 0) is 6.61 Å². The van der Waals surface area contributed by atoms with Crippen molar-refractivity contribution < 1.29 is 5.11 Å². The highest BCUT2D eigenvalue weighted by Gasteiger charge is 2.00. The Bertz CT molecular complexity index is 437. The van der Waals surface area contributed by atoms with Gasteiger partial charge in [-0.2, -0.15) is 0 Å². The van der Waals surface area contributed by atoms with Crippen LogP contribution in [0.1, 0.15) is 11.3 Å². The molecule has 0 spiro atoms. The minimum atomic E-state index is 0.000787. The summed E-state index contributed by atoms with van der Waals surface area (Å²) in [5, 5.41) is 11.2. The average molecular weight is 173 g/mol. The fraction of sp³-hybridized carbons (Fsp3) is 0.182. The van der Waals surface area contributed by atoms with E-state index in [9.17, 15) is 0 Å². The highest BCUT2D eigenvalue weighted by atomic mass is 16.3. The highest BCUT2D eigenvalue weighted by Crippen LogP contribution is 2.18. The van der Waals surface area contributed by atoms with Gasteiger partial charge in [0.1, 0.15) is 0 Å². The van der Waals surface area contributed by atoms with Crippen molar-refractivity contribution >= 4 is 10.8 Å². The standard InChI is InChI=1S/C11H11NO/c1-8-2-3-9-4-5-12-11(7-13)10(9)6-8/h2-6,13H,7H2,1H3. The van der Waals surface area contributed by atoms with Crippen LogP contribution in [0.3, 0.4) is 0 Å². The van der Waals surface area contributed by atoms with Gasteiger partial charge in [-0.1, -0.05) is 17.7 Å². The molecule has 13 heavy (non-hydrogen) atoms. The molecule has 0 radical (unpaired) electrons. The molecule has 2 heteroatoms. The Balaban J connectivity index is 2.79. The largest absolute Gasteiger partial charge is 0.390 e. The molecule has 66 valence electrons. The van der Waals surface area contributed by atoms with Crippen molar-refractivity contribution in [3.63, 3.8) is 0 Å². The van der Waals surface area contributed by atoms with E-state index >= 15 is 0 Å². The molecule has 1 aromatic carbocycles. The maximum Gasteiger partial charge on any atom is 0.0859 e. The van der Waals surface area contributed by atoms with E-state index in [-0.39, 0.29) is 6.61 Å². The molecular weight excluding hydrogens is 162 g/mol. The number of hydrogen-bond acceptors (Lipinski definition) is 2. The van der Waals surface area contributed by atoms with E-state index in [0.717, 1.165) is 16.5 Å². The van der Waals surface area contributed by atoms with Crippen molar-refractivity contribution in [3.05, 3.63) is 41.7 Å². The molecule has 0 aliphatic carbocycles. The van der Waals surface area contributed by atoms with Gasteiger partial charge in [0.05, 0.1) is 12.3 Å². The van der Waals surface area contributed by atoms with Gasteiger partial charge in [0.15, 0.2) is 0 Å². The highest BCUT2D eigenvalue weighted by molar-refractivity contribution is 5.84. The van der Waals surface area contributed by atoms with Crippen LogP contribution in [0.25, 0.3) is 10.8 Å². The maximum absolute atomic E-state index is 9.06. The van der Waals surface area contributed by atoms with Crippen LogP contribution in [0, 0.1) is 6.92 Å². The SMILES string of the molecule is Cc1ccc2ccnc(CO)c2c1. The van der Waals surface area contributed by atoms with Gasteiger partial charge in [0.25, 0.3) is 0 Å². The van der Waals surface area contributed by atoms with E-state index in [1.807, 2.05) is 25.1 Å². The lowest BCUT2D eigenvalue weighted by atomic mass is 10.1. The maximum atomic E-state index is 9.06. The Morgan fingerprint density at radius 3 is 2.92 bits per heavy atom. The third kappa shape index (κ3) is 1.40. The van der Waals surface area contributed by atoms with Crippen LogP contribution in [0.15, 0.2) is 30.5 Å². The molecule has 0 amide bonds. The average Bonchev–Trinajstić information content (AvgIpc) is 2.17. The molecule has 0 fully saturated rings. The summed E-state index contributed by atoms with van der Waals surface area (Å²) in [6.45, 7) is 2.04. The quantitative estimate of drug-likeness (QED) is 0.715. The monoisotopic (exact) mass is 173 g/mol. The van der Waals surface area contributed by atoms with Gasteiger partial charge in [-0.25, -0.2) is 0 Å². The molecule has 0 aliphatic heterocycles. The lowest BCUT2D eigenvalue weighted by Crippen LogP contribution is -1.90. The molecule has 0 unspecified atom stereocenters. The second kappa shape index (κ2) is 3.15. The van der Waals surface area contributed by atoms with Crippen molar-refractivity contribution in [3.8, 4) is 0 Å². The predicted molar refractivity (Wildman–Crippen MR) is 52.4 cm³/mol. The van der Waals surface area contributed by atoms with Gasteiger partial charge in [0, 0.05) is 11.6 Å². The number of nitrogens with zero attached hydrogens (tertiary/aromatic N) is 1. The van der Waals surface area contributed by atoms with Crippen molar-refractivity contribution in [2.75, 3.05) is 0 Å². The molecule has 0 saturated carbocycles. The van der Waals surface area contributed by atoms with Gasteiger partial charge in [-0.05, 0) is 24.4 Å². The zero-order valence-electron chi connectivity index (χ0n) is 7.49. The lowest BCUT2D eigenvalue weighted by molar-refractivity contribution is 0.278. The number of rotatable bonds is 1. The van der Waals surface area contributed by atoms with Gasteiger partial charge in [0.2, 0.25) is 0 Å². The van der Waals surface area contributed by atoms with Crippen LogP contribution in [-0.4, -0.2) is 10.1 Å². The van der Waals surface area contributed by atoms with Crippen LogP contribution in [0.2, 0.25) is 0 Å². The van der Waals surface area contributed by atoms with E-state index < -0.39 is 0 Å². The summed E-state index contributed by atoms with van der Waals surface area (Å²) in [6.07, 6.45) is 1.73. The first kappa shape index (κ1) is 8.20. The number of benzene rings is 1. The number of aromatic nitrogens is 1. The first-order valence-electron chi connectivity index (χ1n) is 4.26. The third-order valence-electron chi connectivity index (χ3n) is 2.15. The topological polar surface area (TPSA) is 33.1 Å². The first-order valence-corrected chi connectivity index (χ1v) is 4.26. The van der Waals surface area contributed by atoms with Gasteiger partial charge in [-0.15, -0.1) is 0 Å². The second-order valence-corrected chi connectivity index (χ2v) is 3.14. The summed E-state index contributed by atoms with van der Waals surface area (Å²) in [5.74, 6) is 0. The number of hydrogen-bond donors (Lipinski definition) is 1. The number of fused-ring (bicyclic) bond motifs is 1. The molecule has 1 aromatic heterocycles. The van der Waals surface area contributed by atoms with Crippen LogP contribution in [0.5, 0.6) is 0 Å². The normalized spacial score (nSPS) is 10.6. The summed E-state index contributed by atoms with van der Waals surface area (Å²) in [4.78, 5) is 4.12. The van der Waals surface area contributed by atoms with Crippen molar-refractivity contribution in [1.82, 2.24) is 4.98 Å². The van der Waals surface area contributed by atoms with Gasteiger partial charge >= 0.3 is 0 Å².